The third-order valence-electron chi connectivity index (χ3n) is 2.46. The van der Waals surface area contributed by atoms with Gasteiger partial charge in [-0.2, -0.15) is 0 Å². The number of hydrogen-bond donors (Lipinski definition) is 2. The van der Waals surface area contributed by atoms with Crippen LogP contribution in [-0.4, -0.2) is 18.0 Å². The summed E-state index contributed by atoms with van der Waals surface area (Å²) in [5, 5.41) is 6.05. The van der Waals surface area contributed by atoms with Crippen molar-refractivity contribution in [2.45, 2.75) is 33.2 Å². The smallest absolute Gasteiger partial charge is 0.244 e. The van der Waals surface area contributed by atoms with Gasteiger partial charge in [-0.15, -0.1) is 0 Å². The monoisotopic (exact) mass is 220 g/mol. The van der Waals surface area contributed by atoms with E-state index in [2.05, 4.69) is 10.6 Å². The number of anilines is 1. The molecule has 3 nitrogen and oxygen atoms in total. The summed E-state index contributed by atoms with van der Waals surface area (Å²) in [5.41, 5.74) is 1.44. The molecule has 1 aromatic rings. The number of carbonyl (C=O) groups is 1. The summed E-state index contributed by atoms with van der Waals surface area (Å²) in [6.45, 7) is 8.52. The summed E-state index contributed by atoms with van der Waals surface area (Å²) in [6, 6.07) is 7.79. The van der Waals surface area contributed by atoms with Crippen molar-refractivity contribution in [3.63, 3.8) is 0 Å². The molecule has 3 heteroatoms. The highest BCUT2D eigenvalue weighted by atomic mass is 16.2. The molecule has 16 heavy (non-hydrogen) atoms. The first-order valence-corrected chi connectivity index (χ1v) is 5.59. The van der Waals surface area contributed by atoms with Gasteiger partial charge in [-0.25, -0.2) is 0 Å². The van der Waals surface area contributed by atoms with Crippen molar-refractivity contribution >= 4 is 11.6 Å². The fourth-order valence-corrected chi connectivity index (χ4v) is 1.53. The van der Waals surface area contributed by atoms with Crippen LogP contribution in [0, 0.1) is 6.92 Å². The molecule has 0 radical (unpaired) electrons. The molecule has 0 aromatic heterocycles. The predicted octanol–water partition coefficient (Wildman–Crippen LogP) is 2.32. The van der Waals surface area contributed by atoms with Gasteiger partial charge in [0.1, 0.15) is 0 Å². The highest BCUT2D eigenvalue weighted by Crippen LogP contribution is 2.12. The Balaban J connectivity index is 2.71. The van der Waals surface area contributed by atoms with E-state index < -0.39 is 5.54 Å². The maximum atomic E-state index is 12.0. The maximum Gasteiger partial charge on any atom is 0.244 e. The molecule has 0 bridgehead atoms. The average molecular weight is 220 g/mol. The van der Waals surface area contributed by atoms with Gasteiger partial charge in [0.15, 0.2) is 0 Å². The lowest BCUT2D eigenvalue weighted by Gasteiger charge is -2.24. The summed E-state index contributed by atoms with van der Waals surface area (Å²) in [5.74, 6) is -0.0139. The number of likely N-dealkylation sites (N-methyl/N-ethyl adjacent to an activating group) is 1. The Kier molecular flexibility index (Phi) is 4.07. The normalized spacial score (nSPS) is 11.2. The lowest BCUT2D eigenvalue weighted by atomic mass is 10.0. The molecule has 0 aliphatic carbocycles. The van der Waals surface area contributed by atoms with E-state index in [1.807, 2.05) is 52.0 Å². The Hall–Kier alpha value is -1.35. The van der Waals surface area contributed by atoms with E-state index in [4.69, 9.17) is 0 Å². The largest absolute Gasteiger partial charge is 0.324 e. The maximum absolute atomic E-state index is 12.0. The Morgan fingerprint density at radius 2 is 2.06 bits per heavy atom. The second-order valence-corrected chi connectivity index (χ2v) is 4.48. The molecule has 88 valence electrons. The summed E-state index contributed by atoms with van der Waals surface area (Å²) in [4.78, 5) is 12.0. The van der Waals surface area contributed by atoms with Gasteiger partial charge in [0, 0.05) is 5.69 Å². The first-order valence-electron chi connectivity index (χ1n) is 5.59. The van der Waals surface area contributed by atoms with Crippen LogP contribution in [0.5, 0.6) is 0 Å². The van der Waals surface area contributed by atoms with Crippen LogP contribution in [0.4, 0.5) is 5.69 Å². The number of nitrogens with one attached hydrogen (secondary N) is 2. The summed E-state index contributed by atoms with van der Waals surface area (Å²) >= 11 is 0. The molecule has 0 saturated carbocycles. The van der Waals surface area contributed by atoms with E-state index in [1.165, 1.54) is 0 Å². The Bertz CT molecular complexity index is 372. The number of rotatable bonds is 4. The topological polar surface area (TPSA) is 41.1 Å². The van der Waals surface area contributed by atoms with Crippen molar-refractivity contribution in [3.8, 4) is 0 Å². The van der Waals surface area contributed by atoms with Crippen LogP contribution in [0.3, 0.4) is 0 Å². The van der Waals surface area contributed by atoms with Crippen LogP contribution in [0.25, 0.3) is 0 Å². The van der Waals surface area contributed by atoms with Gasteiger partial charge in [-0.3, -0.25) is 4.79 Å². The van der Waals surface area contributed by atoms with Gasteiger partial charge in [0.05, 0.1) is 5.54 Å². The van der Waals surface area contributed by atoms with Crippen LogP contribution in [-0.2, 0) is 4.79 Å². The fraction of sp³-hybridized carbons (Fsp3) is 0.462. The SMILES string of the molecule is CCNC(C)(C)C(=O)Nc1cccc(C)c1. The second-order valence-electron chi connectivity index (χ2n) is 4.48. The molecule has 0 saturated heterocycles. The number of benzene rings is 1. The fourth-order valence-electron chi connectivity index (χ4n) is 1.53. The standard InChI is InChI=1S/C13H20N2O/c1-5-14-13(3,4)12(16)15-11-8-6-7-10(2)9-11/h6-9,14H,5H2,1-4H3,(H,15,16). The zero-order valence-electron chi connectivity index (χ0n) is 10.4. The molecule has 2 N–H and O–H groups in total. The molecule has 0 unspecified atom stereocenters. The zero-order valence-corrected chi connectivity index (χ0v) is 10.4. The van der Waals surface area contributed by atoms with Gasteiger partial charge >= 0.3 is 0 Å². The quantitative estimate of drug-likeness (QED) is 0.817. The third kappa shape index (κ3) is 3.35. The Labute approximate surface area is 97.2 Å². The van der Waals surface area contributed by atoms with Gasteiger partial charge in [0.2, 0.25) is 5.91 Å². The number of aryl methyl sites for hydroxylation is 1. The van der Waals surface area contributed by atoms with E-state index in [-0.39, 0.29) is 5.91 Å². The Morgan fingerprint density at radius 1 is 1.38 bits per heavy atom. The van der Waals surface area contributed by atoms with Crippen molar-refractivity contribution in [2.75, 3.05) is 11.9 Å². The molecule has 0 aliphatic heterocycles. The van der Waals surface area contributed by atoms with Crippen molar-refractivity contribution in [2.24, 2.45) is 0 Å². The van der Waals surface area contributed by atoms with Crippen molar-refractivity contribution < 1.29 is 4.79 Å². The third-order valence-corrected chi connectivity index (χ3v) is 2.46. The van der Waals surface area contributed by atoms with Gasteiger partial charge in [0.25, 0.3) is 0 Å². The lowest BCUT2D eigenvalue weighted by Crippen LogP contribution is -2.49. The van der Waals surface area contributed by atoms with Crippen LogP contribution >= 0.6 is 0 Å². The molecule has 0 heterocycles. The lowest BCUT2D eigenvalue weighted by molar-refractivity contribution is -0.121. The number of hydrogen-bond acceptors (Lipinski definition) is 2. The minimum atomic E-state index is -0.543. The molecule has 0 aliphatic rings. The minimum Gasteiger partial charge on any atom is -0.324 e. The van der Waals surface area contributed by atoms with E-state index in [1.54, 1.807) is 0 Å². The van der Waals surface area contributed by atoms with E-state index >= 15 is 0 Å². The first-order chi connectivity index (χ1) is 7.45. The second kappa shape index (κ2) is 5.12. The molecule has 1 amide bonds. The van der Waals surface area contributed by atoms with Crippen molar-refractivity contribution in [1.82, 2.24) is 5.32 Å². The molecular formula is C13H20N2O. The molecule has 1 aromatic carbocycles. The van der Waals surface area contributed by atoms with E-state index in [9.17, 15) is 4.79 Å². The van der Waals surface area contributed by atoms with E-state index in [0.29, 0.717) is 0 Å². The number of amides is 1. The predicted molar refractivity (Wildman–Crippen MR) is 67.6 cm³/mol. The average Bonchev–Trinajstić information content (AvgIpc) is 2.17. The van der Waals surface area contributed by atoms with Crippen LogP contribution in [0.1, 0.15) is 26.3 Å². The summed E-state index contributed by atoms with van der Waals surface area (Å²) in [6.07, 6.45) is 0. The molecular weight excluding hydrogens is 200 g/mol. The van der Waals surface area contributed by atoms with Gasteiger partial charge < -0.3 is 10.6 Å². The molecule has 0 fully saturated rings. The highest BCUT2D eigenvalue weighted by molar-refractivity contribution is 5.97. The van der Waals surface area contributed by atoms with Crippen LogP contribution < -0.4 is 10.6 Å². The minimum absolute atomic E-state index is 0.0139. The zero-order chi connectivity index (χ0) is 12.2. The van der Waals surface area contributed by atoms with Crippen molar-refractivity contribution in [1.29, 1.82) is 0 Å². The van der Waals surface area contributed by atoms with E-state index in [0.717, 1.165) is 17.8 Å². The van der Waals surface area contributed by atoms with Crippen LogP contribution in [0.2, 0.25) is 0 Å². The van der Waals surface area contributed by atoms with Crippen LogP contribution in [0.15, 0.2) is 24.3 Å². The summed E-state index contributed by atoms with van der Waals surface area (Å²) < 4.78 is 0. The highest BCUT2D eigenvalue weighted by Gasteiger charge is 2.25. The first kappa shape index (κ1) is 12.7. The van der Waals surface area contributed by atoms with Crippen molar-refractivity contribution in [3.05, 3.63) is 29.8 Å². The number of carbonyl (C=O) groups excluding carboxylic acids is 1. The molecule has 0 spiro atoms. The molecule has 1 rings (SSSR count). The summed E-state index contributed by atoms with van der Waals surface area (Å²) in [7, 11) is 0. The molecule has 0 atom stereocenters. The Morgan fingerprint density at radius 3 is 2.62 bits per heavy atom. The van der Waals surface area contributed by atoms with Gasteiger partial charge in [-0.05, 0) is 45.0 Å². The van der Waals surface area contributed by atoms with Gasteiger partial charge in [-0.1, -0.05) is 19.1 Å².